The first-order valence-corrected chi connectivity index (χ1v) is 5.96. The van der Waals surface area contributed by atoms with Gasteiger partial charge in [0.15, 0.2) is 0 Å². The van der Waals surface area contributed by atoms with Gasteiger partial charge in [0, 0.05) is 0 Å². The van der Waals surface area contributed by atoms with Crippen molar-refractivity contribution in [3.05, 3.63) is 59.5 Å². The molecule has 0 radical (unpaired) electrons. The zero-order chi connectivity index (χ0) is 13.7. The average molecular weight is 260 g/mol. The molecule has 2 aromatic rings. The van der Waals surface area contributed by atoms with E-state index in [-0.39, 0.29) is 18.6 Å². The third-order valence-corrected chi connectivity index (χ3v) is 2.85. The number of nitrogen functional groups attached to an aromatic ring is 1. The number of carbonyl (C=O) groups excluding carboxylic acids is 1. The lowest BCUT2D eigenvalue weighted by Gasteiger charge is -2.12. The van der Waals surface area contributed by atoms with Gasteiger partial charge in [0.1, 0.15) is 12.4 Å². The van der Waals surface area contributed by atoms with Crippen LogP contribution in [0.25, 0.3) is 0 Å². The molecule has 1 atom stereocenters. The van der Waals surface area contributed by atoms with Gasteiger partial charge in [-0.15, -0.1) is 0 Å². The molecular weight excluding hydrogens is 244 g/mol. The van der Waals surface area contributed by atoms with Gasteiger partial charge in [0.2, 0.25) is 0 Å². The van der Waals surface area contributed by atoms with Gasteiger partial charge in [0.25, 0.3) is 5.91 Å². The number of hydrogen-bond acceptors (Lipinski definition) is 4. The van der Waals surface area contributed by atoms with E-state index in [2.05, 4.69) is 5.43 Å². The second-order valence-corrected chi connectivity index (χ2v) is 4.09. The van der Waals surface area contributed by atoms with Crippen LogP contribution < -0.4 is 11.3 Å². The molecule has 19 heavy (non-hydrogen) atoms. The van der Waals surface area contributed by atoms with Gasteiger partial charge >= 0.3 is 0 Å². The van der Waals surface area contributed by atoms with E-state index in [1.807, 2.05) is 37.3 Å². The molecular formula is C14H16N2O3. The first kappa shape index (κ1) is 13.3. The summed E-state index contributed by atoms with van der Waals surface area (Å²) in [6, 6.07) is 11.4. The Morgan fingerprint density at radius 1 is 1.37 bits per heavy atom. The van der Waals surface area contributed by atoms with Crippen molar-refractivity contribution in [2.24, 2.45) is 5.84 Å². The SMILES string of the molecule is CC(OCc1occc1C(=O)NN)c1ccccc1. The van der Waals surface area contributed by atoms with Crippen LogP contribution in [0, 0.1) is 0 Å². The van der Waals surface area contributed by atoms with Crippen LogP contribution in [0.15, 0.2) is 47.1 Å². The van der Waals surface area contributed by atoms with E-state index in [1.54, 1.807) is 6.07 Å². The van der Waals surface area contributed by atoms with Crippen molar-refractivity contribution in [2.45, 2.75) is 19.6 Å². The molecule has 0 aliphatic heterocycles. The van der Waals surface area contributed by atoms with Crippen molar-refractivity contribution in [2.75, 3.05) is 0 Å². The highest BCUT2D eigenvalue weighted by atomic mass is 16.5. The third-order valence-electron chi connectivity index (χ3n) is 2.85. The Morgan fingerprint density at radius 2 is 2.11 bits per heavy atom. The summed E-state index contributed by atoms with van der Waals surface area (Å²) in [6.45, 7) is 2.16. The highest BCUT2D eigenvalue weighted by molar-refractivity contribution is 5.94. The summed E-state index contributed by atoms with van der Waals surface area (Å²) >= 11 is 0. The fourth-order valence-electron chi connectivity index (χ4n) is 1.75. The maximum Gasteiger partial charge on any atom is 0.268 e. The summed E-state index contributed by atoms with van der Waals surface area (Å²) in [7, 11) is 0. The maximum absolute atomic E-state index is 11.5. The Bertz CT molecular complexity index is 537. The normalized spacial score (nSPS) is 12.1. The summed E-state index contributed by atoms with van der Waals surface area (Å²) in [6.07, 6.45) is 1.36. The fourth-order valence-corrected chi connectivity index (χ4v) is 1.75. The van der Waals surface area contributed by atoms with Gasteiger partial charge < -0.3 is 9.15 Å². The summed E-state index contributed by atoms with van der Waals surface area (Å²) < 4.78 is 10.9. The number of rotatable bonds is 5. The van der Waals surface area contributed by atoms with Crippen LogP contribution in [-0.4, -0.2) is 5.91 Å². The van der Waals surface area contributed by atoms with Crippen molar-refractivity contribution >= 4 is 5.91 Å². The minimum absolute atomic E-state index is 0.0833. The van der Waals surface area contributed by atoms with Gasteiger partial charge in [-0.05, 0) is 18.6 Å². The molecule has 2 rings (SSSR count). The first-order valence-electron chi connectivity index (χ1n) is 5.96. The zero-order valence-electron chi connectivity index (χ0n) is 10.6. The highest BCUT2D eigenvalue weighted by Gasteiger charge is 2.15. The molecule has 3 N–H and O–H groups in total. The van der Waals surface area contributed by atoms with Crippen molar-refractivity contribution in [3.63, 3.8) is 0 Å². The predicted molar refractivity (Wildman–Crippen MR) is 70.0 cm³/mol. The molecule has 0 saturated carbocycles. The van der Waals surface area contributed by atoms with E-state index >= 15 is 0 Å². The van der Waals surface area contributed by atoms with Gasteiger partial charge in [-0.3, -0.25) is 10.2 Å². The quantitative estimate of drug-likeness (QED) is 0.490. The molecule has 0 fully saturated rings. The molecule has 0 bridgehead atoms. The molecule has 5 nitrogen and oxygen atoms in total. The number of furan rings is 1. The maximum atomic E-state index is 11.5. The number of amides is 1. The van der Waals surface area contributed by atoms with Crippen LogP contribution in [0.4, 0.5) is 0 Å². The van der Waals surface area contributed by atoms with Gasteiger partial charge in [-0.2, -0.15) is 0 Å². The number of nitrogens with two attached hydrogens (primary N) is 1. The van der Waals surface area contributed by atoms with E-state index in [9.17, 15) is 4.79 Å². The van der Waals surface area contributed by atoms with Crippen LogP contribution in [0.2, 0.25) is 0 Å². The first-order chi connectivity index (χ1) is 9.22. The van der Waals surface area contributed by atoms with Crippen molar-refractivity contribution < 1.29 is 13.9 Å². The Hall–Kier alpha value is -2.11. The van der Waals surface area contributed by atoms with E-state index < -0.39 is 0 Å². The van der Waals surface area contributed by atoms with Crippen molar-refractivity contribution in [1.82, 2.24) is 5.43 Å². The molecule has 0 aliphatic rings. The molecule has 100 valence electrons. The number of benzene rings is 1. The minimum atomic E-state index is -0.389. The predicted octanol–water partition coefficient (Wildman–Crippen LogP) is 2.16. The minimum Gasteiger partial charge on any atom is -0.466 e. The smallest absolute Gasteiger partial charge is 0.268 e. The Balaban J connectivity index is 2.00. The summed E-state index contributed by atoms with van der Waals surface area (Å²) in [4.78, 5) is 11.5. The summed E-state index contributed by atoms with van der Waals surface area (Å²) in [5, 5.41) is 0. The average Bonchev–Trinajstić information content (AvgIpc) is 2.93. The molecule has 1 unspecified atom stereocenters. The molecule has 5 heteroatoms. The Morgan fingerprint density at radius 3 is 2.79 bits per heavy atom. The molecule has 1 aromatic carbocycles. The van der Waals surface area contributed by atoms with E-state index in [0.29, 0.717) is 11.3 Å². The lowest BCUT2D eigenvalue weighted by molar-refractivity contribution is 0.0412. The second kappa shape index (κ2) is 6.17. The van der Waals surface area contributed by atoms with E-state index in [1.165, 1.54) is 6.26 Å². The van der Waals surface area contributed by atoms with E-state index in [4.69, 9.17) is 15.0 Å². The van der Waals surface area contributed by atoms with Crippen molar-refractivity contribution in [1.29, 1.82) is 0 Å². The monoisotopic (exact) mass is 260 g/mol. The van der Waals surface area contributed by atoms with Crippen LogP contribution in [0.3, 0.4) is 0 Å². The van der Waals surface area contributed by atoms with Crippen LogP contribution in [0.1, 0.15) is 34.7 Å². The van der Waals surface area contributed by atoms with Crippen molar-refractivity contribution in [3.8, 4) is 0 Å². The number of nitrogens with one attached hydrogen (secondary N) is 1. The molecule has 1 aromatic heterocycles. The lowest BCUT2D eigenvalue weighted by Crippen LogP contribution is -2.30. The topological polar surface area (TPSA) is 77.5 Å². The molecule has 1 heterocycles. The van der Waals surface area contributed by atoms with E-state index in [0.717, 1.165) is 5.56 Å². The lowest BCUT2D eigenvalue weighted by atomic mass is 10.1. The number of ether oxygens (including phenoxy) is 1. The van der Waals surface area contributed by atoms with Crippen LogP contribution >= 0.6 is 0 Å². The molecule has 1 amide bonds. The Kier molecular flexibility index (Phi) is 4.33. The fraction of sp³-hybridized carbons (Fsp3) is 0.214. The second-order valence-electron chi connectivity index (χ2n) is 4.09. The van der Waals surface area contributed by atoms with Crippen LogP contribution in [-0.2, 0) is 11.3 Å². The van der Waals surface area contributed by atoms with Gasteiger partial charge in [-0.25, -0.2) is 5.84 Å². The highest BCUT2D eigenvalue weighted by Crippen LogP contribution is 2.20. The molecule has 0 spiro atoms. The number of hydrogen-bond donors (Lipinski definition) is 2. The van der Waals surface area contributed by atoms with Gasteiger partial charge in [0.05, 0.1) is 17.9 Å². The molecule has 0 saturated heterocycles. The number of carbonyl (C=O) groups is 1. The zero-order valence-corrected chi connectivity index (χ0v) is 10.6. The number of hydrazine groups is 1. The van der Waals surface area contributed by atoms with Crippen LogP contribution in [0.5, 0.6) is 0 Å². The largest absolute Gasteiger partial charge is 0.466 e. The summed E-state index contributed by atoms with van der Waals surface area (Å²) in [5.41, 5.74) is 3.53. The van der Waals surface area contributed by atoms with Gasteiger partial charge in [-0.1, -0.05) is 30.3 Å². The third kappa shape index (κ3) is 3.21. The molecule has 0 aliphatic carbocycles. The summed E-state index contributed by atoms with van der Waals surface area (Å²) in [5.74, 6) is 5.17. The standard InChI is InChI=1S/C14H16N2O3/c1-10(11-5-3-2-4-6-11)19-9-13-12(7-8-18-13)14(17)16-15/h2-8,10H,9,15H2,1H3,(H,16,17). The Labute approximate surface area is 111 Å².